The molecule has 2 rings (SSSR count). The Labute approximate surface area is 114 Å². The van der Waals surface area contributed by atoms with Crippen molar-refractivity contribution in [3.05, 3.63) is 15.1 Å². The van der Waals surface area contributed by atoms with Crippen molar-refractivity contribution in [1.82, 2.24) is 9.97 Å². The number of carbonyl (C=O) groups excluding carboxylic acids is 1. The van der Waals surface area contributed by atoms with Crippen molar-refractivity contribution < 1.29 is 4.79 Å². The van der Waals surface area contributed by atoms with Crippen LogP contribution in [0.25, 0.3) is 0 Å². The van der Waals surface area contributed by atoms with E-state index in [2.05, 4.69) is 48.5 Å². The summed E-state index contributed by atoms with van der Waals surface area (Å²) in [6.45, 7) is 0.627. The molecule has 1 aromatic rings. The molecule has 1 aliphatic heterocycles. The molecular formula is C8H6BrClIN3O. The van der Waals surface area contributed by atoms with Crippen LogP contribution in [0.1, 0.15) is 6.42 Å². The van der Waals surface area contributed by atoms with Crippen LogP contribution in [-0.2, 0) is 4.79 Å². The number of amides is 1. The molecule has 1 aliphatic rings. The Bertz CT molecular complexity index is 417. The van der Waals surface area contributed by atoms with Crippen LogP contribution >= 0.6 is 50.1 Å². The fourth-order valence-electron chi connectivity index (χ4n) is 1.40. The molecule has 0 radical (unpaired) electrons. The third kappa shape index (κ3) is 2.42. The molecule has 1 unspecified atom stereocenters. The van der Waals surface area contributed by atoms with Gasteiger partial charge in [-0.3, -0.25) is 9.69 Å². The number of alkyl halides is 1. The van der Waals surface area contributed by atoms with Crippen LogP contribution in [0.3, 0.4) is 0 Å². The second-order valence-corrected chi connectivity index (χ2v) is 5.91. The lowest BCUT2D eigenvalue weighted by Gasteiger charge is -2.15. The van der Waals surface area contributed by atoms with E-state index in [9.17, 15) is 4.79 Å². The van der Waals surface area contributed by atoms with Crippen LogP contribution in [0, 0.1) is 3.57 Å². The highest BCUT2D eigenvalue weighted by atomic mass is 127. The first-order chi connectivity index (χ1) is 7.08. The predicted molar refractivity (Wildman–Crippen MR) is 69.4 cm³/mol. The molecule has 1 atom stereocenters. The normalized spacial score (nSPS) is 21.1. The van der Waals surface area contributed by atoms with E-state index < -0.39 is 0 Å². The lowest BCUT2D eigenvalue weighted by atomic mass is 10.4. The molecular weight excluding hydrogens is 396 g/mol. The average Bonchev–Trinajstić information content (AvgIpc) is 2.50. The molecule has 4 nitrogen and oxygen atoms in total. The van der Waals surface area contributed by atoms with Gasteiger partial charge in [0.2, 0.25) is 11.2 Å². The van der Waals surface area contributed by atoms with E-state index in [4.69, 9.17) is 11.6 Å². The number of hydrogen-bond acceptors (Lipinski definition) is 3. The van der Waals surface area contributed by atoms with E-state index >= 15 is 0 Å². The Kier molecular flexibility index (Phi) is 3.46. The number of aromatic nitrogens is 2. The Morgan fingerprint density at radius 3 is 3.00 bits per heavy atom. The summed E-state index contributed by atoms with van der Waals surface area (Å²) in [7, 11) is 0. The van der Waals surface area contributed by atoms with Crippen molar-refractivity contribution in [2.45, 2.75) is 11.2 Å². The van der Waals surface area contributed by atoms with E-state index in [1.165, 1.54) is 0 Å². The summed E-state index contributed by atoms with van der Waals surface area (Å²) in [6.07, 6.45) is 2.11. The Morgan fingerprint density at radius 2 is 2.40 bits per heavy atom. The molecule has 7 heteroatoms. The third-order valence-electron chi connectivity index (χ3n) is 2.03. The summed E-state index contributed by atoms with van der Waals surface area (Å²) in [5.74, 6) is 0.659. The second-order valence-electron chi connectivity index (χ2n) is 3.12. The molecule has 0 N–H and O–H groups in total. The minimum Gasteiger partial charge on any atom is -0.295 e. The van der Waals surface area contributed by atoms with Crippen molar-refractivity contribution in [3.63, 3.8) is 0 Å². The van der Waals surface area contributed by atoms with Crippen molar-refractivity contribution >= 4 is 61.8 Å². The number of rotatable bonds is 1. The zero-order valence-electron chi connectivity index (χ0n) is 7.45. The van der Waals surface area contributed by atoms with Crippen molar-refractivity contribution in [2.75, 3.05) is 11.4 Å². The minimum absolute atomic E-state index is 0.0598. The maximum Gasteiger partial charge on any atom is 0.229 e. The number of carbonyl (C=O) groups is 1. The summed E-state index contributed by atoms with van der Waals surface area (Å²) < 4.78 is 0.826. The minimum atomic E-state index is 0.0598. The molecule has 0 bridgehead atoms. The highest BCUT2D eigenvalue weighted by molar-refractivity contribution is 14.1. The lowest BCUT2D eigenvalue weighted by molar-refractivity contribution is -0.117. The number of halogens is 3. The SMILES string of the molecule is O=C1CC(Br)CN1c1nc(Cl)ncc1I. The van der Waals surface area contributed by atoms with Gasteiger partial charge in [-0.2, -0.15) is 4.98 Å². The first-order valence-corrected chi connectivity index (χ1v) is 6.57. The summed E-state index contributed by atoms with van der Waals surface area (Å²) in [5.41, 5.74) is 0. The van der Waals surface area contributed by atoms with Crippen LogP contribution in [-0.4, -0.2) is 27.2 Å². The lowest BCUT2D eigenvalue weighted by Crippen LogP contribution is -2.26. The van der Waals surface area contributed by atoms with Crippen LogP contribution < -0.4 is 4.90 Å². The van der Waals surface area contributed by atoms with Gasteiger partial charge in [0.25, 0.3) is 0 Å². The average molecular weight is 402 g/mol. The third-order valence-corrected chi connectivity index (χ3v) is 3.59. The summed E-state index contributed by atoms with van der Waals surface area (Å²) >= 11 is 11.2. The van der Waals surface area contributed by atoms with Gasteiger partial charge in [0.1, 0.15) is 0 Å². The number of nitrogens with zero attached hydrogens (tertiary/aromatic N) is 3. The molecule has 1 aromatic heterocycles. The van der Waals surface area contributed by atoms with Crippen LogP contribution in [0.2, 0.25) is 5.28 Å². The van der Waals surface area contributed by atoms with Crippen molar-refractivity contribution in [1.29, 1.82) is 0 Å². The Balaban J connectivity index is 2.37. The number of anilines is 1. The van der Waals surface area contributed by atoms with E-state index in [0.29, 0.717) is 18.8 Å². The Hall–Kier alpha value is 0.0500. The van der Waals surface area contributed by atoms with Crippen molar-refractivity contribution in [2.24, 2.45) is 0 Å². The first-order valence-electron chi connectivity index (χ1n) is 4.20. The maximum atomic E-state index is 11.6. The van der Waals surface area contributed by atoms with Gasteiger partial charge < -0.3 is 0 Å². The summed E-state index contributed by atoms with van der Waals surface area (Å²) in [5, 5.41) is 0.163. The molecule has 2 heterocycles. The molecule has 1 amide bonds. The van der Waals surface area contributed by atoms with E-state index in [0.717, 1.165) is 3.57 Å². The molecule has 1 saturated heterocycles. The van der Waals surface area contributed by atoms with Crippen LogP contribution in [0.15, 0.2) is 6.20 Å². The molecule has 0 saturated carbocycles. The molecule has 0 spiro atoms. The highest BCUT2D eigenvalue weighted by Gasteiger charge is 2.31. The van der Waals surface area contributed by atoms with Gasteiger partial charge in [0, 0.05) is 24.0 Å². The first kappa shape index (κ1) is 11.5. The van der Waals surface area contributed by atoms with Gasteiger partial charge in [-0.05, 0) is 34.2 Å². The van der Waals surface area contributed by atoms with Gasteiger partial charge >= 0.3 is 0 Å². The summed E-state index contributed by atoms with van der Waals surface area (Å²) in [6, 6.07) is 0. The fourth-order valence-corrected chi connectivity index (χ4v) is 2.64. The Morgan fingerprint density at radius 1 is 1.67 bits per heavy atom. The second kappa shape index (κ2) is 4.50. The van der Waals surface area contributed by atoms with Crippen molar-refractivity contribution in [3.8, 4) is 0 Å². The zero-order valence-corrected chi connectivity index (χ0v) is 12.0. The molecule has 1 fully saturated rings. The molecule has 0 aromatic carbocycles. The standard InChI is InChI=1S/C8H6BrClIN3O/c9-4-1-6(15)14(3-4)7-5(11)2-12-8(10)13-7/h2,4H,1,3H2. The quantitative estimate of drug-likeness (QED) is 0.411. The monoisotopic (exact) mass is 401 g/mol. The van der Waals surface area contributed by atoms with Crippen LogP contribution in [0.4, 0.5) is 5.82 Å². The zero-order chi connectivity index (χ0) is 11.0. The van der Waals surface area contributed by atoms with Crippen LogP contribution in [0.5, 0.6) is 0 Å². The molecule has 80 valence electrons. The van der Waals surface area contributed by atoms with E-state index in [1.54, 1.807) is 11.1 Å². The predicted octanol–water partition coefficient (Wildman–Crippen LogP) is 2.23. The van der Waals surface area contributed by atoms with Gasteiger partial charge in [-0.1, -0.05) is 15.9 Å². The van der Waals surface area contributed by atoms with Gasteiger partial charge in [0.05, 0.1) is 3.57 Å². The summed E-state index contributed by atoms with van der Waals surface area (Å²) in [4.78, 5) is 21.4. The maximum absolute atomic E-state index is 11.6. The largest absolute Gasteiger partial charge is 0.295 e. The molecule has 0 aliphatic carbocycles. The molecule has 15 heavy (non-hydrogen) atoms. The van der Waals surface area contributed by atoms with Gasteiger partial charge in [0.15, 0.2) is 5.82 Å². The van der Waals surface area contributed by atoms with Gasteiger partial charge in [-0.15, -0.1) is 0 Å². The number of hydrogen-bond donors (Lipinski definition) is 0. The smallest absolute Gasteiger partial charge is 0.229 e. The van der Waals surface area contributed by atoms with E-state index in [-0.39, 0.29) is 16.0 Å². The fraction of sp³-hybridized carbons (Fsp3) is 0.375. The van der Waals surface area contributed by atoms with E-state index in [1.807, 2.05) is 0 Å². The topological polar surface area (TPSA) is 46.1 Å². The highest BCUT2D eigenvalue weighted by Crippen LogP contribution is 2.27. The van der Waals surface area contributed by atoms with Gasteiger partial charge in [-0.25, -0.2) is 4.98 Å².